The minimum atomic E-state index is -3.61. The molecule has 6 atom stereocenters. The van der Waals surface area contributed by atoms with Gasteiger partial charge in [-0.3, -0.25) is 0 Å². The first-order valence-corrected chi connectivity index (χ1v) is 24.6. The van der Waals surface area contributed by atoms with Crippen molar-refractivity contribution in [3.8, 4) is 17.2 Å². The van der Waals surface area contributed by atoms with Crippen molar-refractivity contribution < 1.29 is 37.3 Å². The van der Waals surface area contributed by atoms with Crippen molar-refractivity contribution >= 4 is 33.3 Å². The molecule has 0 aromatic heterocycles. The molecule has 63 heavy (non-hydrogen) atoms. The number of benzene rings is 4. The van der Waals surface area contributed by atoms with E-state index in [0.29, 0.717) is 24.5 Å². The lowest BCUT2D eigenvalue weighted by atomic mass is 9.68. The van der Waals surface area contributed by atoms with Crippen LogP contribution < -0.4 is 19.1 Å². The summed E-state index contributed by atoms with van der Waals surface area (Å²) in [5.41, 5.74) is 4.80. The smallest absolute Gasteiger partial charge is 0.338 e. The average Bonchev–Trinajstić information content (AvgIpc) is 4.05. The third-order valence-electron chi connectivity index (χ3n) is 13.9. The van der Waals surface area contributed by atoms with Gasteiger partial charge in [-0.2, -0.15) is 4.31 Å². The van der Waals surface area contributed by atoms with Crippen LogP contribution in [0.2, 0.25) is 5.02 Å². The molecule has 0 bridgehead atoms. The highest BCUT2D eigenvalue weighted by Gasteiger charge is 2.50. The van der Waals surface area contributed by atoms with Crippen LogP contribution in [0, 0.1) is 23.7 Å². The molecule has 1 heterocycles. The average molecular weight is 900 g/mol. The summed E-state index contributed by atoms with van der Waals surface area (Å²) in [5.74, 6) is 2.73. The minimum absolute atomic E-state index is 0.0451. The van der Waals surface area contributed by atoms with Crippen molar-refractivity contribution in [3.63, 3.8) is 0 Å². The fourth-order valence-electron chi connectivity index (χ4n) is 10.2. The Balaban J connectivity index is 0.936. The van der Waals surface area contributed by atoms with E-state index >= 15 is 0 Å². The Morgan fingerprint density at radius 3 is 2.22 bits per heavy atom. The number of sulfonamides is 1. The number of esters is 1. The van der Waals surface area contributed by atoms with E-state index in [9.17, 15) is 18.3 Å². The number of rotatable bonds is 16. The third kappa shape index (κ3) is 10.5. The second-order valence-corrected chi connectivity index (χ2v) is 21.9. The van der Waals surface area contributed by atoms with E-state index in [1.165, 1.54) is 11.1 Å². The Kier molecular flexibility index (Phi) is 13.4. The second kappa shape index (κ2) is 18.7. The van der Waals surface area contributed by atoms with Crippen molar-refractivity contribution in [1.29, 1.82) is 0 Å². The Morgan fingerprint density at radius 2 is 1.60 bits per heavy atom. The van der Waals surface area contributed by atoms with Gasteiger partial charge in [-0.05, 0) is 173 Å². The number of aliphatic hydroxyl groups is 1. The molecule has 4 aromatic rings. The van der Waals surface area contributed by atoms with Gasteiger partial charge in [0.1, 0.15) is 22.8 Å². The van der Waals surface area contributed by atoms with Crippen LogP contribution in [0.15, 0.2) is 84.9 Å². The molecule has 1 spiro atoms. The first-order chi connectivity index (χ1) is 30.1. The molecular formula is C51H63ClN2O8S. The maximum atomic E-state index is 14.0. The quantitative estimate of drug-likeness (QED) is 0.110. The van der Waals surface area contributed by atoms with Crippen molar-refractivity contribution in [2.75, 3.05) is 44.6 Å². The number of anilines is 1. The van der Waals surface area contributed by atoms with Crippen molar-refractivity contribution in [2.24, 2.45) is 23.7 Å². The van der Waals surface area contributed by atoms with Gasteiger partial charge in [0.25, 0.3) is 0 Å². The standard InChI is InChI=1S/C51H63ClN2O8S/c1-50(2,3)62-49(56)38-15-23-47-46(28-38)53(32-51(33-61-47)24-6-8-37-26-40(52)16-22-45(37)51)31-39-14-21-43(39)48(55)44-27-36(44)9-7-25-63(57,58)54(29-34-10-17-41(59-4)18-11-34)30-35-12-19-42(60-5)20-13-35/h10-13,15-20,22-23,26,28,36,39,43-44,48,55H,6-9,14,21,24-25,27,29-33H2,1-5H3/t36-,39-,43+,44-,48+,51-/m0/s1. The molecule has 10 nitrogen and oxygen atoms in total. The van der Waals surface area contributed by atoms with Gasteiger partial charge in [-0.1, -0.05) is 41.9 Å². The maximum Gasteiger partial charge on any atom is 0.338 e. The zero-order valence-electron chi connectivity index (χ0n) is 37.4. The lowest BCUT2D eigenvalue weighted by Crippen LogP contribution is -2.50. The monoisotopic (exact) mass is 898 g/mol. The number of methoxy groups -OCH3 is 2. The number of fused-ring (bicyclic) bond motifs is 3. The Hall–Kier alpha value is -4.29. The number of carbonyl (C=O) groups excluding carboxylic acids is 1. The zero-order valence-corrected chi connectivity index (χ0v) is 38.9. The van der Waals surface area contributed by atoms with Crippen LogP contribution >= 0.6 is 11.6 Å². The van der Waals surface area contributed by atoms with E-state index in [2.05, 4.69) is 17.0 Å². The van der Waals surface area contributed by atoms with E-state index in [-0.39, 0.29) is 48.0 Å². The number of hydrogen-bond acceptors (Lipinski definition) is 9. The van der Waals surface area contributed by atoms with E-state index in [1.54, 1.807) is 24.6 Å². The lowest BCUT2D eigenvalue weighted by molar-refractivity contribution is -0.00181. The third-order valence-corrected chi connectivity index (χ3v) is 15.9. The molecule has 1 aliphatic heterocycles. The highest BCUT2D eigenvalue weighted by molar-refractivity contribution is 7.89. The topological polar surface area (TPSA) is 115 Å². The van der Waals surface area contributed by atoms with Crippen LogP contribution in [-0.4, -0.2) is 75.2 Å². The van der Waals surface area contributed by atoms with Crippen molar-refractivity contribution in [2.45, 2.75) is 102 Å². The molecule has 2 saturated carbocycles. The van der Waals surface area contributed by atoms with Gasteiger partial charge in [0.2, 0.25) is 10.0 Å². The van der Waals surface area contributed by atoms with Gasteiger partial charge in [0.15, 0.2) is 0 Å². The minimum Gasteiger partial charge on any atom is -0.497 e. The van der Waals surface area contributed by atoms with E-state index < -0.39 is 21.7 Å². The largest absolute Gasteiger partial charge is 0.497 e. The number of aliphatic hydroxyl groups excluding tert-OH is 1. The number of halogens is 1. The molecule has 338 valence electrons. The molecule has 0 unspecified atom stereocenters. The molecular weight excluding hydrogens is 836 g/mol. The molecule has 2 fully saturated rings. The van der Waals surface area contributed by atoms with Crippen LogP contribution in [0.25, 0.3) is 0 Å². The summed E-state index contributed by atoms with van der Waals surface area (Å²) < 4.78 is 52.7. The molecule has 0 amide bonds. The molecule has 4 aromatic carbocycles. The van der Waals surface area contributed by atoms with Crippen LogP contribution in [0.4, 0.5) is 5.69 Å². The number of aryl methyl sites for hydroxylation is 1. The molecule has 12 heteroatoms. The van der Waals surface area contributed by atoms with Gasteiger partial charge in [-0.25, -0.2) is 13.2 Å². The van der Waals surface area contributed by atoms with E-state index in [0.717, 1.165) is 97.1 Å². The van der Waals surface area contributed by atoms with Crippen LogP contribution in [-0.2, 0) is 39.7 Å². The summed E-state index contributed by atoms with van der Waals surface area (Å²) in [4.78, 5) is 15.8. The summed E-state index contributed by atoms with van der Waals surface area (Å²) in [6, 6.07) is 26.9. The fraction of sp³-hybridized carbons (Fsp3) is 0.510. The summed E-state index contributed by atoms with van der Waals surface area (Å²) in [6.07, 6.45) is 6.69. The fourth-order valence-corrected chi connectivity index (χ4v) is 11.9. The van der Waals surface area contributed by atoms with Crippen molar-refractivity contribution in [1.82, 2.24) is 4.31 Å². The number of nitrogens with zero attached hydrogens (tertiary/aromatic N) is 2. The first-order valence-electron chi connectivity index (χ1n) is 22.6. The molecule has 8 rings (SSSR count). The van der Waals surface area contributed by atoms with Gasteiger partial charge >= 0.3 is 5.97 Å². The zero-order chi connectivity index (χ0) is 44.5. The first kappa shape index (κ1) is 45.3. The van der Waals surface area contributed by atoms with Crippen molar-refractivity contribution in [3.05, 3.63) is 118 Å². The predicted octanol–water partition coefficient (Wildman–Crippen LogP) is 9.62. The Labute approximate surface area is 378 Å². The van der Waals surface area contributed by atoms with Crippen LogP contribution in [0.5, 0.6) is 17.2 Å². The highest BCUT2D eigenvalue weighted by atomic mass is 35.5. The molecule has 1 N–H and O–H groups in total. The SMILES string of the molecule is COc1ccc(CN(Cc2ccc(OC)cc2)S(=O)(=O)CCC[C@H]2C[C@@H]2[C@H](O)[C@@H]2CC[C@H]2CN2C[C@@]3(CCCc4cc(Cl)ccc43)COc3ccc(C(=O)OC(C)(C)C)cc32)cc1. The van der Waals surface area contributed by atoms with Gasteiger partial charge in [0.05, 0.1) is 43.9 Å². The highest BCUT2D eigenvalue weighted by Crippen LogP contribution is 2.52. The van der Waals surface area contributed by atoms with Gasteiger partial charge in [-0.15, -0.1) is 0 Å². The van der Waals surface area contributed by atoms with Crippen LogP contribution in [0.1, 0.15) is 98.3 Å². The molecule has 3 aliphatic carbocycles. The summed E-state index contributed by atoms with van der Waals surface area (Å²) in [6.45, 7) is 8.10. The summed E-state index contributed by atoms with van der Waals surface area (Å²) >= 11 is 6.50. The van der Waals surface area contributed by atoms with Crippen LogP contribution in [0.3, 0.4) is 0 Å². The van der Waals surface area contributed by atoms with E-state index in [4.69, 9.17) is 30.5 Å². The van der Waals surface area contributed by atoms with Gasteiger partial charge in [0, 0.05) is 36.6 Å². The maximum absolute atomic E-state index is 14.0. The Morgan fingerprint density at radius 1 is 0.921 bits per heavy atom. The number of hydrogen-bond donors (Lipinski definition) is 1. The summed E-state index contributed by atoms with van der Waals surface area (Å²) in [7, 11) is -0.384. The summed E-state index contributed by atoms with van der Waals surface area (Å²) in [5, 5.41) is 12.7. The number of ether oxygens (including phenoxy) is 4. The normalized spacial score (nSPS) is 23.5. The van der Waals surface area contributed by atoms with E-state index in [1.807, 2.05) is 87.5 Å². The molecule has 4 aliphatic rings. The predicted molar refractivity (Wildman–Crippen MR) is 247 cm³/mol. The molecule has 0 saturated heterocycles. The Bertz CT molecular complexity index is 2300. The lowest BCUT2D eigenvalue weighted by Gasteiger charge is -2.46. The second-order valence-electron chi connectivity index (χ2n) is 19.4. The van der Waals surface area contributed by atoms with Gasteiger partial charge < -0.3 is 29.0 Å². The number of carbonyl (C=O) groups is 1. The molecule has 0 radical (unpaired) electrons.